The predicted octanol–water partition coefficient (Wildman–Crippen LogP) is 8.37. The summed E-state index contributed by atoms with van der Waals surface area (Å²) in [6.07, 6.45) is -2.32. The topological polar surface area (TPSA) is 214 Å². The van der Waals surface area contributed by atoms with Gasteiger partial charge in [0, 0.05) is 56.3 Å². The molecule has 426 valence electrons. The summed E-state index contributed by atoms with van der Waals surface area (Å²) < 4.78 is 80.9. The van der Waals surface area contributed by atoms with Crippen molar-refractivity contribution in [2.75, 3.05) is 19.8 Å². The first kappa shape index (κ1) is 58.5. The zero-order valence-electron chi connectivity index (χ0n) is 46.1. The molecule has 23 heteroatoms. The number of hydrogen-bond acceptors (Lipinski definition) is 12. The Hall–Kier alpha value is -7.66. The van der Waals surface area contributed by atoms with Crippen molar-refractivity contribution in [3.8, 4) is 33.1 Å². The number of carbonyl (C=O) groups is 5. The molecule has 3 N–H and O–H groups in total. The number of aliphatic hydroxyl groups is 1. The maximum absolute atomic E-state index is 15.5. The molecular weight excluding hydrogens is 1060 g/mol. The number of halogens is 4. The van der Waals surface area contributed by atoms with E-state index in [4.69, 9.17) is 14.2 Å². The van der Waals surface area contributed by atoms with E-state index in [0.717, 1.165) is 32.4 Å². The number of imidazole rings is 1. The summed E-state index contributed by atoms with van der Waals surface area (Å²) in [6.45, 7) is 14.5. The van der Waals surface area contributed by atoms with Gasteiger partial charge in [0.15, 0.2) is 29.7 Å². The lowest BCUT2D eigenvalue weighted by Crippen LogP contribution is -2.58. The number of hydrogen-bond donors (Lipinski definition) is 3. The number of nitrogens with one attached hydrogen (secondary N) is 2. The number of aryl methyl sites for hydroxylation is 3. The van der Waals surface area contributed by atoms with Crippen LogP contribution >= 0.6 is 11.3 Å². The number of Topliss-reactive ketones (excluding diaryl/α,β-unsaturated/α-hetero) is 1. The summed E-state index contributed by atoms with van der Waals surface area (Å²) in [4.78, 5) is 79.9. The first-order chi connectivity index (χ1) is 37.6. The monoisotopic (exact) mass is 1130 g/mol. The Labute approximate surface area is 463 Å². The maximum Gasteiger partial charge on any atom is 0.437 e. The zero-order valence-corrected chi connectivity index (χ0v) is 46.9. The third kappa shape index (κ3) is 13.3. The summed E-state index contributed by atoms with van der Waals surface area (Å²) >= 11 is 1.53. The third-order valence-corrected chi connectivity index (χ3v) is 14.7. The molecule has 5 heterocycles. The molecule has 6 aromatic rings. The number of amides is 4. The van der Waals surface area contributed by atoms with E-state index < -0.39 is 95.1 Å². The maximum atomic E-state index is 15.5. The highest BCUT2D eigenvalue weighted by molar-refractivity contribution is 7.13. The van der Waals surface area contributed by atoms with Crippen LogP contribution in [0, 0.1) is 24.1 Å². The molecule has 0 radical (unpaired) electrons. The number of rotatable bonds is 15. The van der Waals surface area contributed by atoms with E-state index in [0.29, 0.717) is 11.1 Å². The zero-order chi connectivity index (χ0) is 58.2. The van der Waals surface area contributed by atoms with Crippen LogP contribution in [0.3, 0.4) is 0 Å². The van der Waals surface area contributed by atoms with Crippen LogP contribution < -0.4 is 25.7 Å². The molecular formula is C57H65F4N9O9S. The van der Waals surface area contributed by atoms with Gasteiger partial charge in [0.1, 0.15) is 23.4 Å². The van der Waals surface area contributed by atoms with Crippen molar-refractivity contribution in [1.29, 1.82) is 0 Å². The number of alkyl halides is 3. The van der Waals surface area contributed by atoms with Crippen molar-refractivity contribution < 1.29 is 60.9 Å². The van der Waals surface area contributed by atoms with E-state index in [1.165, 1.54) is 46.7 Å². The second-order valence-corrected chi connectivity index (χ2v) is 23.1. The fraction of sp³-hybridized carbons (Fsp3) is 0.439. The molecule has 0 saturated carbocycles. The van der Waals surface area contributed by atoms with Gasteiger partial charge in [0.05, 0.1) is 52.9 Å². The minimum absolute atomic E-state index is 0.0133. The average Bonchev–Trinajstić information content (AvgIpc) is 4.26. The average molecular weight is 1130 g/mol. The highest BCUT2D eigenvalue weighted by Gasteiger charge is 2.45. The quantitative estimate of drug-likeness (QED) is 0.0831. The lowest BCUT2D eigenvalue weighted by Gasteiger charge is -2.35. The normalized spacial score (nSPS) is 17.6. The second kappa shape index (κ2) is 23.2. The standard InChI is InChI=1S/C57H65F4N9O9S/c1-11-69-27-41(49(66-69)57(59,60)61)39-21-34(25-68-19-18-67(10)53(68)65-54(76)79-56(7,8)9)22-40-46(73)37(28-78-47(39)40)20-33-12-17-42(58)44(23-33)77-29-45(72)64-50(55(4,5)6)52(75)70-26-38(71)24-43(70)51(74)63-31(2)35-13-15-36(16-14-35)48-32(3)62-30-80-48/h12-19,21-23,27,30-31,37-38,43,50,71H,11,20,24-26,28-29H2,1-10H3,(H,63,74)(H,64,72)/t31-,37-,38+,43-,50+/m0/s1. The van der Waals surface area contributed by atoms with Crippen molar-refractivity contribution in [2.24, 2.45) is 23.4 Å². The minimum Gasteiger partial charge on any atom is -0.491 e. The Bertz CT molecular complexity index is 3390. The van der Waals surface area contributed by atoms with Crippen molar-refractivity contribution in [3.63, 3.8) is 0 Å². The van der Waals surface area contributed by atoms with Crippen LogP contribution in [-0.2, 0) is 51.9 Å². The third-order valence-electron chi connectivity index (χ3n) is 13.7. The van der Waals surface area contributed by atoms with Crippen molar-refractivity contribution in [1.82, 2.24) is 39.4 Å². The van der Waals surface area contributed by atoms with Crippen molar-refractivity contribution >= 4 is 40.9 Å². The van der Waals surface area contributed by atoms with E-state index in [1.54, 1.807) is 82.6 Å². The molecule has 0 spiro atoms. The van der Waals surface area contributed by atoms with E-state index in [9.17, 15) is 42.3 Å². The Morgan fingerprint density at radius 3 is 2.33 bits per heavy atom. The minimum atomic E-state index is -4.87. The van der Waals surface area contributed by atoms with Gasteiger partial charge in [-0.05, 0) is 99.9 Å². The van der Waals surface area contributed by atoms with Crippen LogP contribution in [0.2, 0.25) is 0 Å². The Kier molecular flexibility index (Phi) is 17.0. The molecule has 2 aliphatic rings. The fourth-order valence-electron chi connectivity index (χ4n) is 9.72. The summed E-state index contributed by atoms with van der Waals surface area (Å²) in [5.74, 6) is -4.52. The first-order valence-corrected chi connectivity index (χ1v) is 26.9. The first-order valence-electron chi connectivity index (χ1n) is 26.1. The number of β-amino-alcohol motifs (C(OH)–C–C–N with tert-alkyl or cyclic N) is 1. The summed E-state index contributed by atoms with van der Waals surface area (Å²) in [5, 5.41) is 20.2. The van der Waals surface area contributed by atoms with E-state index in [-0.39, 0.29) is 72.9 Å². The number of likely N-dealkylation sites (tertiary alicyclic amines) is 1. The largest absolute Gasteiger partial charge is 0.491 e. The van der Waals surface area contributed by atoms with Gasteiger partial charge in [-0.2, -0.15) is 18.3 Å². The van der Waals surface area contributed by atoms with Crippen LogP contribution in [0.4, 0.5) is 22.4 Å². The van der Waals surface area contributed by atoms with E-state index in [1.807, 2.05) is 38.1 Å². The van der Waals surface area contributed by atoms with E-state index >= 15 is 4.39 Å². The van der Waals surface area contributed by atoms with Crippen molar-refractivity contribution in [3.05, 3.63) is 124 Å². The highest BCUT2D eigenvalue weighted by atomic mass is 32.1. The lowest BCUT2D eigenvalue weighted by molar-refractivity contribution is -0.144. The molecule has 1 saturated heterocycles. The molecule has 5 atom stereocenters. The van der Waals surface area contributed by atoms with Crippen LogP contribution in [0.1, 0.15) is 106 Å². The molecule has 0 aliphatic carbocycles. The van der Waals surface area contributed by atoms with Gasteiger partial charge in [-0.25, -0.2) is 14.2 Å². The molecule has 0 unspecified atom stereocenters. The summed E-state index contributed by atoms with van der Waals surface area (Å²) in [6, 6.07) is 11.9. The molecule has 18 nitrogen and oxygen atoms in total. The number of aromatic nitrogens is 5. The van der Waals surface area contributed by atoms with Crippen LogP contribution in [0.25, 0.3) is 21.6 Å². The highest BCUT2D eigenvalue weighted by Crippen LogP contribution is 2.44. The molecule has 3 aromatic carbocycles. The molecule has 0 bridgehead atoms. The van der Waals surface area contributed by atoms with Crippen LogP contribution in [0.5, 0.6) is 11.5 Å². The van der Waals surface area contributed by atoms with Gasteiger partial charge in [-0.15, -0.1) is 16.3 Å². The SMILES string of the molecule is CCn1cc(-c2cc(Cn3ccn(C)c3=NC(=O)OC(C)(C)C)cc3c2OC[C@H](Cc2ccc(F)c(OCC(=O)N[C@H](C(=O)N4C[C@H](O)C[C@H]4C(=O)N[C@@H](C)c4ccc(-c5scnc5C)cc4)C(C)(C)C)c2)C3=O)c(C(F)(F)F)n1. The molecule has 80 heavy (non-hydrogen) atoms. The Balaban J connectivity index is 0.970. The Morgan fingerprint density at radius 2 is 1.68 bits per heavy atom. The fourth-order valence-corrected chi connectivity index (χ4v) is 10.5. The molecule has 3 aromatic heterocycles. The van der Waals surface area contributed by atoms with Crippen molar-refractivity contribution in [2.45, 2.75) is 124 Å². The molecule has 4 amide bonds. The summed E-state index contributed by atoms with van der Waals surface area (Å²) in [7, 11) is 1.65. The number of ether oxygens (including phenoxy) is 3. The van der Waals surface area contributed by atoms with Gasteiger partial charge in [0.2, 0.25) is 17.4 Å². The van der Waals surface area contributed by atoms with Gasteiger partial charge in [0.25, 0.3) is 5.91 Å². The molecule has 2 aliphatic heterocycles. The summed E-state index contributed by atoms with van der Waals surface area (Å²) in [5.41, 5.74) is 2.15. The van der Waals surface area contributed by atoms with E-state index in [2.05, 4.69) is 25.7 Å². The number of ketones is 1. The van der Waals surface area contributed by atoms with Gasteiger partial charge >= 0.3 is 12.3 Å². The van der Waals surface area contributed by atoms with Crippen LogP contribution in [-0.4, -0.2) is 107 Å². The number of fused-ring (bicyclic) bond motifs is 1. The van der Waals surface area contributed by atoms with Gasteiger partial charge in [-0.3, -0.25) is 23.9 Å². The number of benzene rings is 3. The number of nitrogens with zero attached hydrogens (tertiary/aromatic N) is 7. The van der Waals surface area contributed by atoms with Gasteiger partial charge < -0.3 is 44.0 Å². The second-order valence-electron chi connectivity index (χ2n) is 22.2. The number of aliphatic hydroxyl groups excluding tert-OH is 1. The Morgan fingerprint density at radius 1 is 0.963 bits per heavy atom. The number of carbonyl (C=O) groups excluding carboxylic acids is 5. The molecule has 8 rings (SSSR count). The van der Waals surface area contributed by atoms with Gasteiger partial charge in [-0.1, -0.05) is 51.1 Å². The predicted molar refractivity (Wildman–Crippen MR) is 288 cm³/mol. The lowest BCUT2D eigenvalue weighted by atomic mass is 9.85. The molecule has 1 fully saturated rings. The number of thiazole rings is 1. The van der Waals surface area contributed by atoms with Crippen LogP contribution in [0.15, 0.2) is 83.7 Å². The smallest absolute Gasteiger partial charge is 0.437 e.